The van der Waals surface area contributed by atoms with E-state index in [0.717, 1.165) is 5.39 Å². The molecular formula is C15H19NO5. The molecule has 0 saturated heterocycles. The number of aromatic nitrogens is 1. The second-order valence-electron chi connectivity index (χ2n) is 4.39. The minimum Gasteiger partial charge on any atom is -0.487 e. The van der Waals surface area contributed by atoms with Crippen LogP contribution in [-0.4, -0.2) is 45.6 Å². The van der Waals surface area contributed by atoms with E-state index in [1.165, 1.54) is 6.07 Å². The summed E-state index contributed by atoms with van der Waals surface area (Å²) in [5, 5.41) is 0.876. The van der Waals surface area contributed by atoms with Crippen molar-refractivity contribution in [1.82, 2.24) is 4.98 Å². The van der Waals surface area contributed by atoms with E-state index in [4.69, 9.17) is 18.9 Å². The molecule has 2 aromatic rings. The van der Waals surface area contributed by atoms with Gasteiger partial charge >= 0.3 is 0 Å². The lowest BCUT2D eigenvalue weighted by Gasteiger charge is -2.13. The zero-order valence-corrected chi connectivity index (χ0v) is 12.2. The average molecular weight is 293 g/mol. The molecule has 0 radical (unpaired) electrons. The Morgan fingerprint density at radius 1 is 0.905 bits per heavy atom. The summed E-state index contributed by atoms with van der Waals surface area (Å²) in [6, 6.07) is 6.82. The van der Waals surface area contributed by atoms with E-state index in [1.807, 2.05) is 6.07 Å². The average Bonchev–Trinajstić information content (AvgIpc) is 2.48. The third-order valence-electron chi connectivity index (χ3n) is 2.88. The Bertz CT molecular complexity index is 637. The van der Waals surface area contributed by atoms with E-state index < -0.39 is 0 Å². The van der Waals surface area contributed by atoms with Gasteiger partial charge in [0.15, 0.2) is 11.5 Å². The lowest BCUT2D eigenvalue weighted by molar-refractivity contribution is 0.132. The lowest BCUT2D eigenvalue weighted by atomic mass is 10.2. The predicted octanol–water partition coefficient (Wildman–Crippen LogP) is 1.58. The summed E-state index contributed by atoms with van der Waals surface area (Å²) < 4.78 is 21.2. The van der Waals surface area contributed by atoms with Gasteiger partial charge in [0, 0.05) is 31.7 Å². The van der Waals surface area contributed by atoms with Gasteiger partial charge in [-0.3, -0.25) is 4.79 Å². The molecule has 1 aromatic heterocycles. The van der Waals surface area contributed by atoms with Gasteiger partial charge in [0.1, 0.15) is 13.2 Å². The molecule has 114 valence electrons. The number of methoxy groups -OCH3 is 2. The van der Waals surface area contributed by atoms with Gasteiger partial charge < -0.3 is 23.9 Å². The smallest absolute Gasteiger partial charge is 0.248 e. The third-order valence-corrected chi connectivity index (χ3v) is 2.88. The van der Waals surface area contributed by atoms with Crippen LogP contribution < -0.4 is 15.0 Å². The van der Waals surface area contributed by atoms with E-state index in [9.17, 15) is 4.79 Å². The Morgan fingerprint density at radius 3 is 2.14 bits per heavy atom. The number of pyridine rings is 1. The van der Waals surface area contributed by atoms with E-state index in [1.54, 1.807) is 26.4 Å². The monoisotopic (exact) mass is 293 g/mol. The molecule has 0 amide bonds. The Morgan fingerprint density at radius 2 is 1.52 bits per heavy atom. The largest absolute Gasteiger partial charge is 0.487 e. The fourth-order valence-corrected chi connectivity index (χ4v) is 1.86. The molecule has 0 aliphatic rings. The van der Waals surface area contributed by atoms with Crippen LogP contribution in [0.25, 0.3) is 10.9 Å². The Kier molecular flexibility index (Phi) is 5.59. The number of hydrogen-bond acceptors (Lipinski definition) is 5. The van der Waals surface area contributed by atoms with Crippen LogP contribution in [0.4, 0.5) is 0 Å². The van der Waals surface area contributed by atoms with Crippen LogP contribution in [0.1, 0.15) is 0 Å². The molecule has 0 saturated carbocycles. The number of fused-ring (bicyclic) bond motifs is 1. The maximum Gasteiger partial charge on any atom is 0.248 e. The fraction of sp³-hybridized carbons (Fsp3) is 0.400. The van der Waals surface area contributed by atoms with Gasteiger partial charge in [-0.15, -0.1) is 0 Å². The maximum atomic E-state index is 11.4. The van der Waals surface area contributed by atoms with Crippen molar-refractivity contribution in [1.29, 1.82) is 0 Å². The zero-order valence-electron chi connectivity index (χ0n) is 12.2. The maximum absolute atomic E-state index is 11.4. The SMILES string of the molecule is COCCOc1cc2ccc(=O)[nH]c2cc1OCCOC. The minimum atomic E-state index is -0.154. The molecule has 0 aliphatic heterocycles. The standard InChI is InChI=1S/C15H19NO5/c1-18-5-7-20-13-9-11-3-4-15(17)16-12(11)10-14(13)21-8-6-19-2/h3-4,9-10H,5-8H2,1-2H3,(H,16,17). The topological polar surface area (TPSA) is 69.8 Å². The van der Waals surface area contributed by atoms with E-state index in [-0.39, 0.29) is 5.56 Å². The third kappa shape index (κ3) is 4.21. The van der Waals surface area contributed by atoms with Crippen molar-refractivity contribution >= 4 is 10.9 Å². The number of H-pyrrole nitrogens is 1. The second-order valence-corrected chi connectivity index (χ2v) is 4.39. The van der Waals surface area contributed by atoms with Crippen LogP contribution in [0.15, 0.2) is 29.1 Å². The van der Waals surface area contributed by atoms with Crippen LogP contribution in [0.2, 0.25) is 0 Å². The van der Waals surface area contributed by atoms with Crippen LogP contribution in [-0.2, 0) is 9.47 Å². The molecule has 0 bridgehead atoms. The molecule has 0 unspecified atom stereocenters. The molecule has 0 fully saturated rings. The lowest BCUT2D eigenvalue weighted by Crippen LogP contribution is -2.09. The number of ether oxygens (including phenoxy) is 4. The second kappa shape index (κ2) is 7.66. The van der Waals surface area contributed by atoms with Crippen molar-refractivity contribution in [2.75, 3.05) is 40.6 Å². The van der Waals surface area contributed by atoms with Crippen LogP contribution >= 0.6 is 0 Å². The van der Waals surface area contributed by atoms with Gasteiger partial charge in [-0.25, -0.2) is 0 Å². The first-order valence-electron chi connectivity index (χ1n) is 6.65. The van der Waals surface area contributed by atoms with Crippen LogP contribution in [0.3, 0.4) is 0 Å². The molecule has 6 nitrogen and oxygen atoms in total. The summed E-state index contributed by atoms with van der Waals surface area (Å²) in [5.41, 5.74) is 0.549. The molecule has 0 atom stereocenters. The van der Waals surface area contributed by atoms with Gasteiger partial charge in [0.05, 0.1) is 18.7 Å². The first-order chi connectivity index (χ1) is 10.2. The van der Waals surface area contributed by atoms with Gasteiger partial charge in [0.25, 0.3) is 0 Å². The molecule has 1 heterocycles. The van der Waals surface area contributed by atoms with Crippen molar-refractivity contribution in [2.45, 2.75) is 0 Å². The molecular weight excluding hydrogens is 274 g/mol. The first-order valence-corrected chi connectivity index (χ1v) is 6.65. The first kappa shape index (κ1) is 15.3. The highest BCUT2D eigenvalue weighted by molar-refractivity contribution is 5.82. The molecule has 0 spiro atoms. The van der Waals surface area contributed by atoms with E-state index in [2.05, 4.69) is 4.98 Å². The van der Waals surface area contributed by atoms with E-state index >= 15 is 0 Å². The number of aromatic amines is 1. The minimum absolute atomic E-state index is 0.154. The van der Waals surface area contributed by atoms with Crippen LogP contribution in [0.5, 0.6) is 11.5 Å². The number of benzene rings is 1. The fourth-order valence-electron chi connectivity index (χ4n) is 1.86. The normalized spacial score (nSPS) is 10.8. The Balaban J connectivity index is 2.29. The summed E-state index contributed by atoms with van der Waals surface area (Å²) in [5.74, 6) is 1.18. The summed E-state index contributed by atoms with van der Waals surface area (Å²) in [6.07, 6.45) is 0. The Hall–Kier alpha value is -2.05. The van der Waals surface area contributed by atoms with Gasteiger partial charge in [-0.05, 0) is 12.1 Å². The number of hydrogen-bond donors (Lipinski definition) is 1. The molecule has 1 N–H and O–H groups in total. The molecule has 0 aliphatic carbocycles. The van der Waals surface area contributed by atoms with E-state index in [0.29, 0.717) is 43.4 Å². The molecule has 1 aromatic carbocycles. The summed E-state index contributed by atoms with van der Waals surface area (Å²) in [6.45, 7) is 1.79. The predicted molar refractivity (Wildman–Crippen MR) is 79.3 cm³/mol. The van der Waals surface area contributed by atoms with Crippen molar-refractivity contribution < 1.29 is 18.9 Å². The van der Waals surface area contributed by atoms with Gasteiger partial charge in [0.2, 0.25) is 5.56 Å². The highest BCUT2D eigenvalue weighted by atomic mass is 16.5. The number of rotatable bonds is 8. The highest BCUT2D eigenvalue weighted by Crippen LogP contribution is 2.31. The van der Waals surface area contributed by atoms with Gasteiger partial charge in [-0.1, -0.05) is 0 Å². The molecule has 21 heavy (non-hydrogen) atoms. The molecule has 6 heteroatoms. The highest BCUT2D eigenvalue weighted by Gasteiger charge is 2.08. The van der Waals surface area contributed by atoms with Crippen molar-refractivity contribution in [3.05, 3.63) is 34.6 Å². The summed E-state index contributed by atoms with van der Waals surface area (Å²) in [4.78, 5) is 14.2. The van der Waals surface area contributed by atoms with Gasteiger partial charge in [-0.2, -0.15) is 0 Å². The molecule has 2 rings (SSSR count). The summed E-state index contributed by atoms with van der Waals surface area (Å²) >= 11 is 0. The Labute approximate surface area is 122 Å². The zero-order chi connectivity index (χ0) is 15.1. The van der Waals surface area contributed by atoms with Crippen molar-refractivity contribution in [2.24, 2.45) is 0 Å². The van der Waals surface area contributed by atoms with Crippen molar-refractivity contribution in [3.63, 3.8) is 0 Å². The summed E-state index contributed by atoms with van der Waals surface area (Å²) in [7, 11) is 3.22. The quantitative estimate of drug-likeness (QED) is 0.748. The van der Waals surface area contributed by atoms with Crippen molar-refractivity contribution in [3.8, 4) is 11.5 Å². The van der Waals surface area contributed by atoms with Crippen LogP contribution in [0, 0.1) is 0 Å². The number of nitrogens with one attached hydrogen (secondary N) is 1.